The van der Waals surface area contributed by atoms with Crippen LogP contribution in [0.1, 0.15) is 30.4 Å². The molecule has 1 aliphatic rings. The molecule has 0 spiro atoms. The molecule has 2 N–H and O–H groups in total. The molecule has 1 aliphatic heterocycles. The van der Waals surface area contributed by atoms with Gasteiger partial charge in [0.05, 0.1) is 4.90 Å². The maximum Gasteiger partial charge on any atom is 0.243 e. The number of hydrogen-bond acceptors (Lipinski definition) is 3. The van der Waals surface area contributed by atoms with Gasteiger partial charge >= 0.3 is 0 Å². The van der Waals surface area contributed by atoms with E-state index in [1.807, 2.05) is 0 Å². The average molecular weight is 286 g/mol. The van der Waals surface area contributed by atoms with E-state index in [2.05, 4.69) is 0 Å². The van der Waals surface area contributed by atoms with E-state index in [1.165, 1.54) is 23.4 Å². The molecule has 1 aromatic rings. The Morgan fingerprint density at radius 2 is 1.89 bits per heavy atom. The Labute approximate surface area is 113 Å². The van der Waals surface area contributed by atoms with Gasteiger partial charge in [-0.15, -0.1) is 0 Å². The van der Waals surface area contributed by atoms with E-state index in [4.69, 9.17) is 5.73 Å². The second-order valence-electron chi connectivity index (χ2n) is 4.87. The fourth-order valence-electron chi connectivity index (χ4n) is 2.34. The van der Waals surface area contributed by atoms with E-state index >= 15 is 0 Å². The van der Waals surface area contributed by atoms with Crippen molar-refractivity contribution in [3.63, 3.8) is 0 Å². The van der Waals surface area contributed by atoms with Crippen molar-refractivity contribution in [2.45, 2.75) is 37.6 Å². The Morgan fingerprint density at radius 3 is 2.47 bits per heavy atom. The zero-order chi connectivity index (χ0) is 14.0. The molecule has 1 aromatic carbocycles. The summed E-state index contributed by atoms with van der Waals surface area (Å²) in [7, 11) is -3.61. The van der Waals surface area contributed by atoms with Crippen LogP contribution in [-0.4, -0.2) is 25.8 Å². The highest BCUT2D eigenvalue weighted by molar-refractivity contribution is 7.89. The summed E-state index contributed by atoms with van der Waals surface area (Å²) in [6.45, 7) is 2.64. The first kappa shape index (κ1) is 14.4. The summed E-state index contributed by atoms with van der Waals surface area (Å²) < 4.78 is 40.3. The van der Waals surface area contributed by atoms with Crippen molar-refractivity contribution in [2.75, 3.05) is 13.1 Å². The van der Waals surface area contributed by atoms with Crippen LogP contribution in [0.2, 0.25) is 0 Å². The predicted molar refractivity (Wildman–Crippen MR) is 71.6 cm³/mol. The van der Waals surface area contributed by atoms with Crippen LogP contribution in [0.5, 0.6) is 0 Å². The van der Waals surface area contributed by atoms with Crippen LogP contribution >= 0.6 is 0 Å². The van der Waals surface area contributed by atoms with E-state index in [0.29, 0.717) is 18.7 Å². The number of sulfonamides is 1. The summed E-state index contributed by atoms with van der Waals surface area (Å²) in [6.07, 6.45) is 2.76. The van der Waals surface area contributed by atoms with Crippen molar-refractivity contribution in [3.8, 4) is 0 Å². The molecule has 0 aliphatic carbocycles. The molecule has 0 atom stereocenters. The number of nitrogens with zero attached hydrogens (tertiary/aromatic N) is 1. The Balaban J connectivity index is 2.47. The van der Waals surface area contributed by atoms with Gasteiger partial charge in [-0.25, -0.2) is 12.8 Å². The second kappa shape index (κ2) is 5.56. The molecule has 106 valence electrons. The minimum atomic E-state index is -3.61. The number of hydrogen-bond donors (Lipinski definition) is 1. The third kappa shape index (κ3) is 2.80. The van der Waals surface area contributed by atoms with Gasteiger partial charge in [0.25, 0.3) is 0 Å². The van der Waals surface area contributed by atoms with Gasteiger partial charge in [0.15, 0.2) is 0 Å². The summed E-state index contributed by atoms with van der Waals surface area (Å²) in [6, 6.07) is 2.78. The Morgan fingerprint density at radius 1 is 1.26 bits per heavy atom. The average Bonchev–Trinajstić information content (AvgIpc) is 2.42. The second-order valence-corrected chi connectivity index (χ2v) is 6.78. The van der Waals surface area contributed by atoms with Gasteiger partial charge in [-0.2, -0.15) is 4.31 Å². The van der Waals surface area contributed by atoms with Crippen molar-refractivity contribution < 1.29 is 12.8 Å². The van der Waals surface area contributed by atoms with Gasteiger partial charge in [-0.3, -0.25) is 0 Å². The highest BCUT2D eigenvalue weighted by Gasteiger charge is 2.28. The van der Waals surface area contributed by atoms with Crippen LogP contribution in [0, 0.1) is 12.7 Å². The van der Waals surface area contributed by atoms with Crippen molar-refractivity contribution >= 4 is 10.0 Å². The van der Waals surface area contributed by atoms with Gasteiger partial charge < -0.3 is 5.73 Å². The zero-order valence-electron chi connectivity index (χ0n) is 11.0. The van der Waals surface area contributed by atoms with Crippen LogP contribution in [-0.2, 0) is 16.6 Å². The molecule has 19 heavy (non-hydrogen) atoms. The molecule has 0 aromatic heterocycles. The molecule has 0 radical (unpaired) electrons. The van der Waals surface area contributed by atoms with Crippen molar-refractivity contribution in [1.29, 1.82) is 0 Å². The molecule has 0 saturated carbocycles. The molecule has 0 unspecified atom stereocenters. The quantitative estimate of drug-likeness (QED) is 0.921. The highest BCUT2D eigenvalue weighted by atomic mass is 32.2. The number of halogens is 1. The van der Waals surface area contributed by atoms with E-state index in [0.717, 1.165) is 19.3 Å². The first-order chi connectivity index (χ1) is 8.96. The molecule has 0 amide bonds. The van der Waals surface area contributed by atoms with Crippen LogP contribution < -0.4 is 5.73 Å². The minimum Gasteiger partial charge on any atom is -0.326 e. The first-order valence-electron chi connectivity index (χ1n) is 6.46. The Kier molecular flexibility index (Phi) is 4.23. The van der Waals surface area contributed by atoms with Gasteiger partial charge in [0, 0.05) is 25.2 Å². The topological polar surface area (TPSA) is 63.4 Å². The van der Waals surface area contributed by atoms with E-state index in [1.54, 1.807) is 0 Å². The third-order valence-electron chi connectivity index (χ3n) is 3.53. The largest absolute Gasteiger partial charge is 0.326 e. The lowest BCUT2D eigenvalue weighted by atomic mass is 10.1. The van der Waals surface area contributed by atoms with Gasteiger partial charge in [0.1, 0.15) is 5.82 Å². The van der Waals surface area contributed by atoms with Gasteiger partial charge in [0.2, 0.25) is 10.0 Å². The van der Waals surface area contributed by atoms with Gasteiger partial charge in [-0.1, -0.05) is 6.42 Å². The van der Waals surface area contributed by atoms with Crippen LogP contribution in [0.3, 0.4) is 0 Å². The Bertz CT molecular complexity index is 566. The number of rotatable bonds is 3. The van der Waals surface area contributed by atoms with Crippen molar-refractivity contribution in [3.05, 3.63) is 29.1 Å². The highest BCUT2D eigenvalue weighted by Crippen LogP contribution is 2.26. The SMILES string of the molecule is Cc1c(F)cc(CN)cc1S(=O)(=O)N1CCCCC1. The molecule has 1 heterocycles. The summed E-state index contributed by atoms with van der Waals surface area (Å²) in [5.41, 5.74) is 6.15. The summed E-state index contributed by atoms with van der Waals surface area (Å²) in [4.78, 5) is 0.0508. The normalized spacial score (nSPS) is 17.6. The monoisotopic (exact) mass is 286 g/mol. The minimum absolute atomic E-state index is 0.0508. The first-order valence-corrected chi connectivity index (χ1v) is 7.90. The lowest BCUT2D eigenvalue weighted by Gasteiger charge is -2.26. The van der Waals surface area contributed by atoms with Gasteiger partial charge in [-0.05, 0) is 37.5 Å². The number of benzene rings is 1. The molecule has 1 saturated heterocycles. The van der Waals surface area contributed by atoms with Crippen LogP contribution in [0.15, 0.2) is 17.0 Å². The molecule has 4 nitrogen and oxygen atoms in total. The lowest BCUT2D eigenvalue weighted by Crippen LogP contribution is -2.36. The van der Waals surface area contributed by atoms with E-state index in [-0.39, 0.29) is 17.0 Å². The van der Waals surface area contributed by atoms with Crippen LogP contribution in [0.4, 0.5) is 4.39 Å². The third-order valence-corrected chi connectivity index (χ3v) is 5.55. The standard InChI is InChI=1S/C13H19FN2O2S/c1-10-12(14)7-11(9-15)8-13(10)19(17,18)16-5-3-2-4-6-16/h7-8H,2-6,9,15H2,1H3. The maximum atomic E-state index is 13.8. The molecule has 0 bridgehead atoms. The predicted octanol–water partition coefficient (Wildman–Crippen LogP) is 1.77. The zero-order valence-corrected chi connectivity index (χ0v) is 11.8. The fraction of sp³-hybridized carbons (Fsp3) is 0.538. The summed E-state index contributed by atoms with van der Waals surface area (Å²) in [5, 5.41) is 0. The maximum absolute atomic E-state index is 13.8. The molecular formula is C13H19FN2O2S. The summed E-state index contributed by atoms with van der Waals surface area (Å²) >= 11 is 0. The Hall–Kier alpha value is -0.980. The smallest absolute Gasteiger partial charge is 0.243 e. The summed E-state index contributed by atoms with van der Waals surface area (Å²) in [5.74, 6) is -0.515. The molecular weight excluding hydrogens is 267 g/mol. The van der Waals surface area contributed by atoms with E-state index < -0.39 is 15.8 Å². The van der Waals surface area contributed by atoms with Crippen molar-refractivity contribution in [2.24, 2.45) is 5.73 Å². The lowest BCUT2D eigenvalue weighted by molar-refractivity contribution is 0.346. The van der Waals surface area contributed by atoms with Crippen molar-refractivity contribution in [1.82, 2.24) is 4.31 Å². The molecule has 6 heteroatoms. The molecule has 2 rings (SSSR count). The number of nitrogens with two attached hydrogens (primary N) is 1. The fourth-order valence-corrected chi connectivity index (χ4v) is 4.14. The van der Waals surface area contributed by atoms with Crippen LogP contribution in [0.25, 0.3) is 0 Å². The van der Waals surface area contributed by atoms with E-state index in [9.17, 15) is 12.8 Å². The number of piperidine rings is 1. The molecule has 1 fully saturated rings.